The molecule has 16 heteroatoms. The highest BCUT2D eigenvalue weighted by Gasteiger charge is 2.50. The summed E-state index contributed by atoms with van der Waals surface area (Å²) in [5.74, 6) is -2.93. The number of rotatable bonds is 16. The molecule has 0 fully saturated rings. The van der Waals surface area contributed by atoms with Crippen LogP contribution in [0.25, 0.3) is 22.3 Å². The molecule has 57 heavy (non-hydrogen) atoms. The Hall–Kier alpha value is -6.16. The summed E-state index contributed by atoms with van der Waals surface area (Å²) in [6.45, 7) is 13.5. The Morgan fingerprint density at radius 2 is 1.65 bits per heavy atom. The number of cyclic esters (lactones) is 1. The number of amides is 4. The van der Waals surface area contributed by atoms with Crippen molar-refractivity contribution in [1.29, 1.82) is 0 Å². The van der Waals surface area contributed by atoms with Crippen LogP contribution in [-0.4, -0.2) is 82.5 Å². The van der Waals surface area contributed by atoms with E-state index in [2.05, 4.69) is 34.4 Å². The lowest BCUT2D eigenvalue weighted by atomic mass is 9.85. The predicted molar refractivity (Wildman–Crippen MR) is 210 cm³/mol. The lowest BCUT2D eigenvalue weighted by molar-refractivity contribution is -0.189. The molecule has 2 atom stereocenters. The molecule has 1 unspecified atom stereocenters. The highest BCUT2D eigenvalue weighted by Crippen LogP contribution is 2.41. The minimum Gasteiger partial charge on any atom is -0.457 e. The van der Waals surface area contributed by atoms with E-state index in [0.29, 0.717) is 54.9 Å². The zero-order valence-electron chi connectivity index (χ0n) is 32.7. The predicted octanol–water partition coefficient (Wildman–Crippen LogP) is 2.18. The van der Waals surface area contributed by atoms with Gasteiger partial charge in [-0.15, -0.1) is 0 Å². The molecule has 0 spiro atoms. The Labute approximate surface area is 330 Å². The number of hydrogen-bond donors (Lipinski definition) is 5. The number of esters is 2. The molecule has 0 aliphatic carbocycles. The molecule has 0 saturated heterocycles. The minimum absolute atomic E-state index is 0.0101. The fraction of sp³-hybridized carbons (Fsp3) is 0.415. The second kappa shape index (κ2) is 19.6. The van der Waals surface area contributed by atoms with E-state index in [-0.39, 0.29) is 72.9 Å². The first-order valence-corrected chi connectivity index (χ1v) is 18.7. The molecule has 304 valence electrons. The molecule has 4 amide bonds. The number of para-hydroxylation sites is 1. The van der Waals surface area contributed by atoms with Crippen LogP contribution in [-0.2, 0) is 57.0 Å². The van der Waals surface area contributed by atoms with Crippen molar-refractivity contribution in [2.75, 3.05) is 26.2 Å². The average Bonchev–Trinajstić information content (AvgIpc) is 3.54. The number of aromatic nitrogens is 2. The van der Waals surface area contributed by atoms with Crippen LogP contribution in [0.3, 0.4) is 0 Å². The summed E-state index contributed by atoms with van der Waals surface area (Å²) in [7, 11) is 0. The van der Waals surface area contributed by atoms with Gasteiger partial charge in [0.2, 0.25) is 29.2 Å². The summed E-state index contributed by atoms with van der Waals surface area (Å²) < 4.78 is 12.7. The molecule has 5 N–H and O–H groups in total. The monoisotopic (exact) mass is 786 g/mol. The number of hydrogen-bond acceptors (Lipinski definition) is 11. The van der Waals surface area contributed by atoms with Crippen molar-refractivity contribution in [3.05, 3.63) is 87.7 Å². The Kier molecular flexibility index (Phi) is 15.0. The number of carbonyl (C=O) groups is 6. The first-order chi connectivity index (χ1) is 27.1. The van der Waals surface area contributed by atoms with Gasteiger partial charge in [-0.25, -0.2) is 9.78 Å². The van der Waals surface area contributed by atoms with Gasteiger partial charge in [0.1, 0.15) is 13.2 Å². The van der Waals surface area contributed by atoms with E-state index in [1.807, 2.05) is 30.3 Å². The molecule has 16 nitrogen and oxygen atoms in total. The molecule has 3 aromatic rings. The number of aliphatic hydroxyl groups is 1. The van der Waals surface area contributed by atoms with Crippen molar-refractivity contribution in [3.8, 4) is 11.4 Å². The molecule has 2 aliphatic heterocycles. The minimum atomic E-state index is -1.86. The van der Waals surface area contributed by atoms with E-state index >= 15 is 0 Å². The fourth-order valence-electron chi connectivity index (χ4n) is 6.15. The molecule has 2 aliphatic rings. The van der Waals surface area contributed by atoms with Gasteiger partial charge >= 0.3 is 11.9 Å². The van der Waals surface area contributed by atoms with E-state index in [1.165, 1.54) is 0 Å². The number of aliphatic hydroxyl groups excluding tert-OH is 1. The molecule has 0 saturated carbocycles. The van der Waals surface area contributed by atoms with Gasteiger partial charge in [0, 0.05) is 47.2 Å². The first-order valence-electron chi connectivity index (χ1n) is 18.7. The number of carbonyl (C=O) groups excluding carboxylic acids is 6. The number of unbranched alkanes of at least 4 members (excludes halogenated alkanes) is 2. The third-order valence-corrected chi connectivity index (χ3v) is 9.25. The number of benzene rings is 1. The standard InChI is InChI=1S/C34H37N5O8.C7H13NO2/c1-4-34(47-29(42)17-36-27(40)12-6-5-9-13-35-28(41)16-37-31(43)20(2)3)24-15-26-30-22(14-21-10-7-8-11-25(21)38-30)18-39(26)32(44)23(24)19-46-33(34)45;1-5(2)7(10)8-4-6(3)9/h7-8,10-11,14-15H,2,4-6,9,12-13,16-19H2,1,3H3,(H,35,41)(H,36,40)(H,37,43);6,9H,1,4H2,2-3H3,(H,8,10)/t34-;/m0./s1. The lowest BCUT2D eigenvalue weighted by Crippen LogP contribution is -2.48. The summed E-state index contributed by atoms with van der Waals surface area (Å²) in [5.41, 5.74) is 1.85. The number of nitrogens with zero attached hydrogens (tertiary/aromatic N) is 2. The van der Waals surface area contributed by atoms with E-state index in [0.717, 1.165) is 16.5 Å². The van der Waals surface area contributed by atoms with E-state index in [4.69, 9.17) is 19.6 Å². The molecule has 4 heterocycles. The second-order valence-corrected chi connectivity index (χ2v) is 14.0. The topological polar surface area (TPSA) is 224 Å². The van der Waals surface area contributed by atoms with Crippen LogP contribution in [0.15, 0.2) is 65.5 Å². The molecule has 1 aromatic carbocycles. The molecule has 5 rings (SSSR count). The van der Waals surface area contributed by atoms with Crippen LogP contribution >= 0.6 is 0 Å². The summed E-state index contributed by atoms with van der Waals surface area (Å²) in [6.07, 6.45) is 1.44. The molecule has 2 aromatic heterocycles. The Morgan fingerprint density at radius 3 is 2.33 bits per heavy atom. The SMILES string of the molecule is C=C(C)C(=O)NCC(=O)NCCCCCC(=O)NCC(=O)O[C@]1(CC)C(=O)OCc2c1cc1n(c2=O)Cc2cc3ccccc3nc2-1.C=C(C)C(=O)NCC(C)O. The summed E-state index contributed by atoms with van der Waals surface area (Å²) in [4.78, 5) is 91.0. The Morgan fingerprint density at radius 1 is 0.947 bits per heavy atom. The van der Waals surface area contributed by atoms with E-state index < -0.39 is 30.2 Å². The van der Waals surface area contributed by atoms with Crippen molar-refractivity contribution < 1.29 is 43.3 Å². The Bertz CT molecular complexity index is 2140. The maximum atomic E-state index is 13.7. The zero-order valence-corrected chi connectivity index (χ0v) is 32.7. The van der Waals surface area contributed by atoms with Crippen molar-refractivity contribution in [3.63, 3.8) is 0 Å². The second-order valence-electron chi connectivity index (χ2n) is 14.0. The average molecular weight is 787 g/mol. The smallest absolute Gasteiger partial charge is 0.355 e. The van der Waals surface area contributed by atoms with Gasteiger partial charge in [-0.05, 0) is 58.2 Å². The molecule has 0 bridgehead atoms. The fourth-order valence-corrected chi connectivity index (χ4v) is 6.15. The number of ether oxygens (including phenoxy) is 2. The third kappa shape index (κ3) is 11.0. The van der Waals surface area contributed by atoms with Crippen LogP contribution in [0.2, 0.25) is 0 Å². The first kappa shape index (κ1) is 43.6. The quantitative estimate of drug-likeness (QED) is 0.0629. The number of pyridine rings is 2. The van der Waals surface area contributed by atoms with Crippen molar-refractivity contribution in [2.45, 2.75) is 84.7 Å². The van der Waals surface area contributed by atoms with Crippen molar-refractivity contribution in [2.24, 2.45) is 0 Å². The maximum absolute atomic E-state index is 13.7. The normalized spacial score (nSPS) is 15.3. The van der Waals surface area contributed by atoms with Crippen LogP contribution < -0.4 is 26.8 Å². The van der Waals surface area contributed by atoms with Gasteiger partial charge in [-0.2, -0.15) is 0 Å². The summed E-state index contributed by atoms with van der Waals surface area (Å²) in [6, 6.07) is 11.3. The van der Waals surface area contributed by atoms with Crippen LogP contribution in [0.1, 0.15) is 76.5 Å². The highest BCUT2D eigenvalue weighted by molar-refractivity contribution is 5.95. The van der Waals surface area contributed by atoms with Gasteiger partial charge in [-0.1, -0.05) is 44.7 Å². The van der Waals surface area contributed by atoms with E-state index in [1.54, 1.807) is 38.3 Å². The van der Waals surface area contributed by atoms with Crippen LogP contribution in [0, 0.1) is 0 Å². The van der Waals surface area contributed by atoms with Gasteiger partial charge in [0.05, 0.1) is 41.7 Å². The highest BCUT2D eigenvalue weighted by atomic mass is 16.6. The van der Waals surface area contributed by atoms with Crippen LogP contribution in [0.5, 0.6) is 0 Å². The number of nitrogens with one attached hydrogen (secondary N) is 4. The maximum Gasteiger partial charge on any atom is 0.355 e. The van der Waals surface area contributed by atoms with Crippen LogP contribution in [0.4, 0.5) is 0 Å². The molecular formula is C41H50N6O10. The lowest BCUT2D eigenvalue weighted by Gasteiger charge is -2.35. The van der Waals surface area contributed by atoms with Gasteiger partial charge < -0.3 is 40.4 Å². The van der Waals surface area contributed by atoms with E-state index in [9.17, 15) is 33.6 Å². The third-order valence-electron chi connectivity index (χ3n) is 9.25. The Balaban J connectivity index is 0.000000635. The molecule has 0 radical (unpaired) electrons. The van der Waals surface area contributed by atoms with Gasteiger partial charge in [-0.3, -0.25) is 28.8 Å². The van der Waals surface area contributed by atoms with Crippen molar-refractivity contribution in [1.82, 2.24) is 30.8 Å². The summed E-state index contributed by atoms with van der Waals surface area (Å²) in [5, 5.41) is 19.8. The van der Waals surface area contributed by atoms with Gasteiger partial charge in [0.15, 0.2) is 0 Å². The molecular weight excluding hydrogens is 736 g/mol. The van der Waals surface area contributed by atoms with Crippen molar-refractivity contribution >= 4 is 46.5 Å². The zero-order chi connectivity index (χ0) is 41.9. The van der Waals surface area contributed by atoms with Gasteiger partial charge in [0.25, 0.3) is 5.56 Å². The summed E-state index contributed by atoms with van der Waals surface area (Å²) >= 11 is 0. The largest absolute Gasteiger partial charge is 0.457 e. The number of fused-ring (bicyclic) bond motifs is 5.